The van der Waals surface area contributed by atoms with Crippen LogP contribution in [0.3, 0.4) is 0 Å². The van der Waals surface area contributed by atoms with Gasteiger partial charge in [0.15, 0.2) is 6.04 Å². The summed E-state index contributed by atoms with van der Waals surface area (Å²) < 4.78 is 31.7. The second kappa shape index (κ2) is 9.51. The lowest BCUT2D eigenvalue weighted by atomic mass is 10.0. The van der Waals surface area contributed by atoms with Crippen molar-refractivity contribution in [1.82, 2.24) is 10.3 Å². The number of para-hydroxylation sites is 1. The highest BCUT2D eigenvalue weighted by atomic mass is 19.4. The Morgan fingerprint density at radius 1 is 1.09 bits per heavy atom. The van der Waals surface area contributed by atoms with Gasteiger partial charge < -0.3 is 16.2 Å². The molecule has 7 nitrogen and oxygen atoms in total. The van der Waals surface area contributed by atoms with Crippen molar-refractivity contribution in [1.29, 1.82) is 0 Å². The zero-order chi connectivity index (χ0) is 24.2. The van der Waals surface area contributed by atoms with Crippen LogP contribution in [0.2, 0.25) is 0 Å². The first-order valence-electron chi connectivity index (χ1n) is 9.62. The van der Waals surface area contributed by atoms with Crippen LogP contribution in [0.25, 0.3) is 11.1 Å². The number of benzene rings is 2. The number of carbonyl (C=O) groups excluding carboxylic acids is 1. The Balaban J connectivity index is 0.000000383. The van der Waals surface area contributed by atoms with E-state index in [-0.39, 0.29) is 5.91 Å². The van der Waals surface area contributed by atoms with Gasteiger partial charge in [0.05, 0.1) is 0 Å². The molecule has 0 bridgehead atoms. The summed E-state index contributed by atoms with van der Waals surface area (Å²) >= 11 is 0. The topological polar surface area (TPSA) is 118 Å². The number of nitrogen functional groups attached to an aromatic ring is 1. The number of carboxylic acids is 1. The highest BCUT2D eigenvalue weighted by Gasteiger charge is 2.38. The van der Waals surface area contributed by atoms with Crippen LogP contribution in [0.15, 0.2) is 72.0 Å². The van der Waals surface area contributed by atoms with Gasteiger partial charge in [0.1, 0.15) is 5.84 Å². The maximum absolute atomic E-state index is 12.5. The van der Waals surface area contributed by atoms with Gasteiger partial charge in [-0.2, -0.15) is 13.2 Å². The number of carboxylic acid groups (broad SMARTS) is 1. The summed E-state index contributed by atoms with van der Waals surface area (Å²) in [5.41, 5.74) is 11.3. The lowest BCUT2D eigenvalue weighted by Crippen LogP contribution is -2.27. The number of anilines is 1. The number of aryl methyl sites for hydroxylation is 1. The number of nitrogens with zero attached hydrogens (tertiary/aromatic N) is 2. The third kappa shape index (κ3) is 5.53. The van der Waals surface area contributed by atoms with E-state index in [1.54, 1.807) is 12.4 Å². The van der Waals surface area contributed by atoms with Crippen LogP contribution >= 0.6 is 0 Å². The summed E-state index contributed by atoms with van der Waals surface area (Å²) in [5, 5.41) is 9.99. The maximum Gasteiger partial charge on any atom is 0.490 e. The van der Waals surface area contributed by atoms with Crippen LogP contribution in [-0.2, 0) is 9.59 Å². The number of carbonyl (C=O) groups is 2. The van der Waals surface area contributed by atoms with E-state index in [0.717, 1.165) is 27.8 Å². The largest absolute Gasteiger partial charge is 0.490 e. The van der Waals surface area contributed by atoms with Crippen molar-refractivity contribution in [3.63, 3.8) is 0 Å². The second-order valence-corrected chi connectivity index (χ2v) is 7.08. The van der Waals surface area contributed by atoms with Gasteiger partial charge in [0.25, 0.3) is 5.91 Å². The Morgan fingerprint density at radius 2 is 1.76 bits per heavy atom. The first-order valence-corrected chi connectivity index (χ1v) is 9.62. The molecule has 4 N–H and O–H groups in total. The maximum atomic E-state index is 12.5. The molecule has 3 aromatic rings. The van der Waals surface area contributed by atoms with Crippen molar-refractivity contribution in [2.24, 2.45) is 4.99 Å². The van der Waals surface area contributed by atoms with E-state index in [1.165, 1.54) is 0 Å². The lowest BCUT2D eigenvalue weighted by Gasteiger charge is -2.08. The van der Waals surface area contributed by atoms with E-state index >= 15 is 0 Å². The number of aromatic nitrogens is 1. The molecule has 0 aliphatic carbocycles. The number of amidine groups is 1. The first kappa shape index (κ1) is 23.5. The van der Waals surface area contributed by atoms with Crippen LogP contribution < -0.4 is 11.1 Å². The van der Waals surface area contributed by atoms with Crippen molar-refractivity contribution in [3.8, 4) is 11.1 Å². The molecule has 1 aliphatic heterocycles. The molecule has 1 amide bonds. The molecule has 1 unspecified atom stereocenters. The Morgan fingerprint density at radius 3 is 2.39 bits per heavy atom. The van der Waals surface area contributed by atoms with Crippen molar-refractivity contribution in [2.75, 3.05) is 5.73 Å². The average molecular weight is 456 g/mol. The van der Waals surface area contributed by atoms with Crippen molar-refractivity contribution < 1.29 is 27.9 Å². The van der Waals surface area contributed by atoms with E-state index in [2.05, 4.69) is 15.3 Å². The molecule has 4 rings (SSSR count). The smallest absolute Gasteiger partial charge is 0.475 e. The molecule has 0 saturated heterocycles. The van der Waals surface area contributed by atoms with Crippen LogP contribution in [-0.4, -0.2) is 34.0 Å². The fraction of sp³-hybridized carbons (Fsp3) is 0.130. The number of nitrogens with two attached hydrogens (primary N) is 1. The van der Waals surface area contributed by atoms with Gasteiger partial charge in [-0.25, -0.2) is 9.79 Å². The van der Waals surface area contributed by atoms with Crippen molar-refractivity contribution in [2.45, 2.75) is 19.1 Å². The summed E-state index contributed by atoms with van der Waals surface area (Å²) in [5.74, 6) is -2.38. The fourth-order valence-corrected chi connectivity index (χ4v) is 3.08. The molecule has 33 heavy (non-hydrogen) atoms. The van der Waals surface area contributed by atoms with Gasteiger partial charge >= 0.3 is 12.1 Å². The molecule has 170 valence electrons. The molecule has 2 aromatic carbocycles. The molecule has 2 heterocycles. The number of aliphatic carboxylic acids is 1. The number of nitrogens with one attached hydrogen (secondary N) is 1. The molecule has 0 fully saturated rings. The van der Waals surface area contributed by atoms with Crippen LogP contribution in [0.1, 0.15) is 22.7 Å². The Bertz CT molecular complexity index is 1210. The number of amides is 1. The number of hydrogen-bond donors (Lipinski definition) is 3. The SMILES string of the molecule is Cc1cccc(C2=NC(c3cccc(-c4cccnc4)c3)C(=O)N2)c1N.O=C(O)C(F)(F)F. The summed E-state index contributed by atoms with van der Waals surface area (Å²) in [7, 11) is 0. The number of pyridine rings is 1. The molecular formula is C23H19F3N4O3. The molecule has 1 aliphatic rings. The quantitative estimate of drug-likeness (QED) is 0.517. The normalized spacial score (nSPS) is 15.2. The predicted molar refractivity (Wildman–Crippen MR) is 116 cm³/mol. The van der Waals surface area contributed by atoms with Crippen LogP contribution in [0.4, 0.5) is 18.9 Å². The Labute approximate surface area is 186 Å². The third-order valence-corrected chi connectivity index (χ3v) is 4.77. The second-order valence-electron chi connectivity index (χ2n) is 7.08. The first-order chi connectivity index (χ1) is 15.6. The Hall–Kier alpha value is -4.21. The minimum absolute atomic E-state index is 0.149. The summed E-state index contributed by atoms with van der Waals surface area (Å²) in [4.78, 5) is 30.2. The lowest BCUT2D eigenvalue weighted by molar-refractivity contribution is -0.192. The third-order valence-electron chi connectivity index (χ3n) is 4.77. The van der Waals surface area contributed by atoms with Crippen molar-refractivity contribution >= 4 is 23.4 Å². The van der Waals surface area contributed by atoms with E-state index in [4.69, 9.17) is 15.6 Å². The van der Waals surface area contributed by atoms with E-state index in [9.17, 15) is 18.0 Å². The Kier molecular flexibility index (Phi) is 6.76. The summed E-state index contributed by atoms with van der Waals surface area (Å²) in [6.45, 7) is 1.94. The van der Waals surface area contributed by atoms with Gasteiger partial charge in [-0.15, -0.1) is 0 Å². The summed E-state index contributed by atoms with van der Waals surface area (Å²) in [6.07, 6.45) is -1.55. The van der Waals surface area contributed by atoms with Crippen molar-refractivity contribution in [3.05, 3.63) is 83.7 Å². The van der Waals surface area contributed by atoms with Gasteiger partial charge in [-0.1, -0.05) is 36.4 Å². The number of rotatable bonds is 3. The molecule has 0 spiro atoms. The number of halogens is 3. The van der Waals surface area contributed by atoms with Gasteiger partial charge in [0.2, 0.25) is 0 Å². The minimum atomic E-state index is -5.08. The predicted octanol–water partition coefficient (Wildman–Crippen LogP) is 3.89. The zero-order valence-corrected chi connectivity index (χ0v) is 17.3. The number of aliphatic imine (C=N–C) groups is 1. The standard InChI is InChI=1S/C21H18N4O.C2HF3O2/c1-13-5-2-9-17(18(13)22)20-24-19(21(26)25-20)15-7-3-6-14(11-15)16-8-4-10-23-12-16;3-2(4,5)1(6)7/h2-12,19H,22H2,1H3,(H,24,25,26);(H,6,7). The number of alkyl halides is 3. The minimum Gasteiger partial charge on any atom is -0.475 e. The fourth-order valence-electron chi connectivity index (χ4n) is 3.08. The average Bonchev–Trinajstić information content (AvgIpc) is 3.17. The highest BCUT2D eigenvalue weighted by molar-refractivity contribution is 6.16. The molecule has 10 heteroatoms. The monoisotopic (exact) mass is 456 g/mol. The molecule has 1 aromatic heterocycles. The molecule has 1 atom stereocenters. The molecule has 0 saturated carbocycles. The number of hydrogen-bond acceptors (Lipinski definition) is 5. The molecule has 0 radical (unpaired) electrons. The van der Waals surface area contributed by atoms with Crippen LogP contribution in [0, 0.1) is 6.92 Å². The highest BCUT2D eigenvalue weighted by Crippen LogP contribution is 2.29. The van der Waals surface area contributed by atoms with Crippen LogP contribution in [0.5, 0.6) is 0 Å². The molecular weight excluding hydrogens is 437 g/mol. The van der Waals surface area contributed by atoms with Gasteiger partial charge in [0, 0.05) is 23.6 Å². The van der Waals surface area contributed by atoms with E-state index < -0.39 is 18.2 Å². The van der Waals surface area contributed by atoms with Gasteiger partial charge in [-0.05, 0) is 47.4 Å². The van der Waals surface area contributed by atoms with E-state index in [0.29, 0.717) is 11.5 Å². The zero-order valence-electron chi connectivity index (χ0n) is 17.3. The summed E-state index contributed by atoms with van der Waals surface area (Å²) in [6, 6.07) is 16.8. The van der Waals surface area contributed by atoms with Gasteiger partial charge in [-0.3, -0.25) is 9.78 Å². The van der Waals surface area contributed by atoms with E-state index in [1.807, 2.05) is 61.5 Å².